The average Bonchev–Trinajstić information content (AvgIpc) is 2.92. The molecule has 0 fully saturated rings. The second-order valence-electron chi connectivity index (χ2n) is 7.56. The maximum Gasteiger partial charge on any atom is 0.158 e. The third kappa shape index (κ3) is 4.32. The highest BCUT2D eigenvalue weighted by Crippen LogP contribution is 2.58. The van der Waals surface area contributed by atoms with Crippen LogP contribution >= 0.6 is 23.2 Å². The Morgan fingerprint density at radius 1 is 1.07 bits per heavy atom. The SMILES string of the molecule is CC1(NCCCCN2Cc3ccccc3S2(O)O)CCc2ccccc2O1.Cl. The summed E-state index contributed by atoms with van der Waals surface area (Å²) in [6.45, 7) is 4.25. The largest absolute Gasteiger partial charge is 0.473 e. The van der Waals surface area contributed by atoms with E-state index in [0.29, 0.717) is 18.0 Å². The molecule has 0 spiro atoms. The fourth-order valence-corrected chi connectivity index (χ4v) is 5.62. The Hall–Kier alpha value is -1.28. The number of nitrogens with zero attached hydrogens (tertiary/aromatic N) is 1. The standard InChI is InChI=1S/C21H28N2O3S.ClH/c1-21(13-12-17-8-2-4-10-19(17)26-21)22-14-6-7-15-23-16-18-9-3-5-11-20(18)27(23,24)25;/h2-5,8-11,22,24-25H,6-7,12-16H2,1H3;1H. The van der Waals surface area contributed by atoms with E-state index < -0.39 is 10.8 Å². The zero-order valence-corrected chi connectivity index (χ0v) is 17.8. The van der Waals surface area contributed by atoms with Gasteiger partial charge in [0.15, 0.2) is 5.72 Å². The molecule has 7 heteroatoms. The van der Waals surface area contributed by atoms with Gasteiger partial charge in [-0.15, -0.1) is 23.2 Å². The summed E-state index contributed by atoms with van der Waals surface area (Å²) in [5.74, 6) is 0.975. The van der Waals surface area contributed by atoms with E-state index >= 15 is 0 Å². The third-order valence-corrected chi connectivity index (χ3v) is 7.51. The van der Waals surface area contributed by atoms with Crippen LogP contribution in [-0.2, 0) is 13.0 Å². The normalized spacial score (nSPS) is 23.8. The average molecular weight is 425 g/mol. The molecule has 2 aliphatic rings. The summed E-state index contributed by atoms with van der Waals surface area (Å²) in [7, 11) is -2.81. The highest BCUT2D eigenvalue weighted by molar-refractivity contribution is 8.22. The molecule has 154 valence electrons. The molecule has 3 N–H and O–H groups in total. The molecule has 0 amide bonds. The molecule has 5 nitrogen and oxygen atoms in total. The van der Waals surface area contributed by atoms with Gasteiger partial charge >= 0.3 is 0 Å². The number of unbranched alkanes of at least 4 members (excludes halogenated alkanes) is 1. The first kappa shape index (κ1) is 21.4. The molecule has 4 rings (SSSR count). The lowest BCUT2D eigenvalue weighted by molar-refractivity contribution is 0.0302. The van der Waals surface area contributed by atoms with Crippen molar-refractivity contribution in [2.45, 2.75) is 49.8 Å². The summed E-state index contributed by atoms with van der Waals surface area (Å²) >= 11 is 0. The molecule has 0 radical (unpaired) electrons. The molecular weight excluding hydrogens is 396 g/mol. The summed E-state index contributed by atoms with van der Waals surface area (Å²) in [6.07, 6.45) is 3.84. The smallest absolute Gasteiger partial charge is 0.158 e. The summed E-state index contributed by atoms with van der Waals surface area (Å²) in [5.41, 5.74) is 1.97. The van der Waals surface area contributed by atoms with Gasteiger partial charge in [0.25, 0.3) is 0 Å². The molecule has 0 bridgehead atoms. The molecule has 2 aromatic rings. The number of halogens is 1. The number of nitrogens with one attached hydrogen (secondary N) is 1. The second-order valence-corrected chi connectivity index (χ2v) is 9.56. The zero-order valence-electron chi connectivity index (χ0n) is 16.1. The Bertz CT molecular complexity index is 820. The lowest BCUT2D eigenvalue weighted by Crippen LogP contribution is -2.50. The summed E-state index contributed by atoms with van der Waals surface area (Å²) in [5, 5.41) is 3.54. The number of fused-ring (bicyclic) bond motifs is 2. The van der Waals surface area contributed by atoms with Crippen LogP contribution in [0.1, 0.15) is 37.3 Å². The van der Waals surface area contributed by atoms with Crippen molar-refractivity contribution in [2.24, 2.45) is 0 Å². The van der Waals surface area contributed by atoms with Gasteiger partial charge < -0.3 is 4.74 Å². The zero-order chi connectivity index (χ0) is 18.9. The Morgan fingerprint density at radius 2 is 1.79 bits per heavy atom. The summed E-state index contributed by atoms with van der Waals surface area (Å²) < 4.78 is 29.0. The minimum atomic E-state index is -2.81. The molecule has 1 atom stereocenters. The highest BCUT2D eigenvalue weighted by Gasteiger charge is 2.34. The Balaban J connectivity index is 0.00000225. The first-order valence-electron chi connectivity index (χ1n) is 9.61. The number of hydrogen-bond donors (Lipinski definition) is 3. The van der Waals surface area contributed by atoms with Gasteiger partial charge in [0, 0.05) is 19.5 Å². The fraction of sp³-hybridized carbons (Fsp3) is 0.429. The number of ether oxygens (including phenoxy) is 1. The third-order valence-electron chi connectivity index (χ3n) is 5.49. The minimum Gasteiger partial charge on any atom is -0.473 e. The predicted octanol–water partition coefficient (Wildman–Crippen LogP) is 5.06. The number of benzene rings is 2. The molecule has 2 aromatic carbocycles. The molecular formula is C21H29ClN2O3S. The van der Waals surface area contributed by atoms with Gasteiger partial charge in [0.05, 0.1) is 4.90 Å². The van der Waals surface area contributed by atoms with Gasteiger partial charge in [-0.25, -0.2) is 0 Å². The number of hydrogen-bond acceptors (Lipinski definition) is 5. The lowest BCUT2D eigenvalue weighted by Gasteiger charge is -2.38. The molecule has 28 heavy (non-hydrogen) atoms. The van der Waals surface area contributed by atoms with Gasteiger partial charge in [0.1, 0.15) is 5.75 Å². The first-order valence-corrected chi connectivity index (χ1v) is 11.1. The summed E-state index contributed by atoms with van der Waals surface area (Å²) in [6, 6.07) is 15.8. The van der Waals surface area contributed by atoms with Crippen LogP contribution in [0.3, 0.4) is 0 Å². The summed E-state index contributed by atoms with van der Waals surface area (Å²) in [4.78, 5) is 0.685. The number of rotatable bonds is 6. The molecule has 0 saturated carbocycles. The topological polar surface area (TPSA) is 65.0 Å². The Labute approximate surface area is 175 Å². The van der Waals surface area contributed by atoms with Crippen LogP contribution in [0.15, 0.2) is 53.4 Å². The van der Waals surface area contributed by atoms with Crippen molar-refractivity contribution in [3.8, 4) is 5.75 Å². The van der Waals surface area contributed by atoms with Crippen LogP contribution in [0, 0.1) is 0 Å². The van der Waals surface area contributed by atoms with Crippen molar-refractivity contribution in [1.82, 2.24) is 9.62 Å². The van der Waals surface area contributed by atoms with E-state index in [4.69, 9.17) is 4.74 Å². The van der Waals surface area contributed by atoms with Crippen LogP contribution in [0.2, 0.25) is 0 Å². The van der Waals surface area contributed by atoms with E-state index in [1.807, 2.05) is 40.7 Å². The Morgan fingerprint density at radius 3 is 2.57 bits per heavy atom. The molecule has 0 saturated heterocycles. The van der Waals surface area contributed by atoms with Crippen LogP contribution < -0.4 is 10.1 Å². The maximum atomic E-state index is 10.5. The molecule has 2 aliphatic heterocycles. The quantitative estimate of drug-likeness (QED) is 0.565. The Kier molecular flexibility index (Phi) is 6.59. The van der Waals surface area contributed by atoms with E-state index in [-0.39, 0.29) is 18.1 Å². The van der Waals surface area contributed by atoms with Crippen molar-refractivity contribution >= 4 is 23.2 Å². The van der Waals surface area contributed by atoms with Crippen molar-refractivity contribution in [2.75, 3.05) is 13.1 Å². The van der Waals surface area contributed by atoms with Gasteiger partial charge in [-0.1, -0.05) is 36.4 Å². The van der Waals surface area contributed by atoms with Crippen molar-refractivity contribution in [3.63, 3.8) is 0 Å². The van der Waals surface area contributed by atoms with Crippen molar-refractivity contribution in [1.29, 1.82) is 0 Å². The predicted molar refractivity (Wildman–Crippen MR) is 116 cm³/mol. The van der Waals surface area contributed by atoms with Crippen LogP contribution in [0.5, 0.6) is 5.75 Å². The van der Waals surface area contributed by atoms with E-state index in [9.17, 15) is 9.11 Å². The van der Waals surface area contributed by atoms with Crippen molar-refractivity contribution < 1.29 is 13.8 Å². The van der Waals surface area contributed by atoms with Gasteiger partial charge in [-0.05, 0) is 56.0 Å². The molecule has 0 aromatic heterocycles. The molecule has 2 heterocycles. The first-order chi connectivity index (χ1) is 13.0. The van der Waals surface area contributed by atoms with E-state index in [2.05, 4.69) is 24.4 Å². The maximum absolute atomic E-state index is 10.5. The van der Waals surface area contributed by atoms with Crippen LogP contribution in [-0.4, -0.2) is 32.2 Å². The second kappa shape index (κ2) is 8.61. The van der Waals surface area contributed by atoms with Crippen LogP contribution in [0.4, 0.5) is 0 Å². The van der Waals surface area contributed by atoms with Gasteiger partial charge in [0.2, 0.25) is 0 Å². The van der Waals surface area contributed by atoms with E-state index in [1.165, 1.54) is 5.56 Å². The molecule has 1 unspecified atom stereocenters. The monoisotopic (exact) mass is 424 g/mol. The fourth-order valence-electron chi connectivity index (χ4n) is 3.89. The lowest BCUT2D eigenvalue weighted by atomic mass is 9.99. The van der Waals surface area contributed by atoms with Gasteiger partial charge in [-0.2, -0.15) is 4.31 Å². The highest BCUT2D eigenvalue weighted by atomic mass is 35.5. The molecule has 0 aliphatic carbocycles. The van der Waals surface area contributed by atoms with E-state index in [1.54, 1.807) is 0 Å². The van der Waals surface area contributed by atoms with E-state index in [0.717, 1.165) is 43.5 Å². The number of aryl methyl sites for hydroxylation is 1. The minimum absolute atomic E-state index is 0. The van der Waals surface area contributed by atoms with Crippen LogP contribution in [0.25, 0.3) is 0 Å². The number of para-hydroxylation sites is 1. The van der Waals surface area contributed by atoms with Gasteiger partial charge in [-0.3, -0.25) is 14.4 Å². The van der Waals surface area contributed by atoms with Crippen molar-refractivity contribution in [3.05, 3.63) is 59.7 Å².